The maximum atomic E-state index is 5.12. The van der Waals surface area contributed by atoms with E-state index in [2.05, 4.69) is 40.1 Å². The second kappa shape index (κ2) is 4.46. The van der Waals surface area contributed by atoms with Gasteiger partial charge in [-0.1, -0.05) is 0 Å². The standard InChI is InChI=1S/C9H13BrN2O/c1-6(2)11-7-4-5-8(10)12-9(7)13-3/h4-6,11H,1-3H3. The quantitative estimate of drug-likeness (QED) is 0.831. The van der Waals surface area contributed by atoms with E-state index in [-0.39, 0.29) is 0 Å². The molecule has 0 unspecified atom stereocenters. The smallest absolute Gasteiger partial charge is 0.238 e. The third kappa shape index (κ3) is 2.88. The predicted molar refractivity (Wildman–Crippen MR) is 57.2 cm³/mol. The van der Waals surface area contributed by atoms with E-state index in [1.165, 1.54) is 0 Å². The molecule has 0 aliphatic carbocycles. The van der Waals surface area contributed by atoms with Crippen LogP contribution in [0.1, 0.15) is 13.8 Å². The van der Waals surface area contributed by atoms with Gasteiger partial charge in [0.1, 0.15) is 4.60 Å². The van der Waals surface area contributed by atoms with Crippen molar-refractivity contribution < 1.29 is 4.74 Å². The second-order valence-corrected chi connectivity index (χ2v) is 3.80. The Balaban J connectivity index is 2.92. The van der Waals surface area contributed by atoms with Crippen LogP contribution in [-0.4, -0.2) is 18.1 Å². The molecule has 72 valence electrons. The molecule has 0 saturated carbocycles. The lowest BCUT2D eigenvalue weighted by molar-refractivity contribution is 0.398. The molecule has 0 radical (unpaired) electrons. The summed E-state index contributed by atoms with van der Waals surface area (Å²) in [6.45, 7) is 4.14. The van der Waals surface area contributed by atoms with E-state index in [0.29, 0.717) is 11.9 Å². The summed E-state index contributed by atoms with van der Waals surface area (Å²) >= 11 is 3.28. The van der Waals surface area contributed by atoms with E-state index in [1.54, 1.807) is 7.11 Å². The third-order valence-electron chi connectivity index (χ3n) is 1.46. The maximum absolute atomic E-state index is 5.12. The van der Waals surface area contributed by atoms with Gasteiger partial charge in [0, 0.05) is 6.04 Å². The Labute approximate surface area is 86.6 Å². The zero-order valence-corrected chi connectivity index (χ0v) is 9.55. The first-order valence-electron chi connectivity index (χ1n) is 4.10. The van der Waals surface area contributed by atoms with E-state index in [9.17, 15) is 0 Å². The SMILES string of the molecule is COc1nc(Br)ccc1NC(C)C. The highest BCUT2D eigenvalue weighted by molar-refractivity contribution is 9.10. The van der Waals surface area contributed by atoms with Crippen molar-refractivity contribution in [1.29, 1.82) is 0 Å². The van der Waals surface area contributed by atoms with Crippen molar-refractivity contribution in [3.05, 3.63) is 16.7 Å². The number of anilines is 1. The fourth-order valence-corrected chi connectivity index (χ4v) is 1.29. The normalized spacial score (nSPS) is 10.2. The fourth-order valence-electron chi connectivity index (χ4n) is 0.994. The van der Waals surface area contributed by atoms with Crippen LogP contribution in [0.5, 0.6) is 5.88 Å². The van der Waals surface area contributed by atoms with E-state index in [0.717, 1.165) is 10.3 Å². The number of rotatable bonds is 3. The number of aromatic nitrogens is 1. The summed E-state index contributed by atoms with van der Waals surface area (Å²) in [7, 11) is 1.61. The Kier molecular flexibility index (Phi) is 3.54. The van der Waals surface area contributed by atoms with Crippen LogP contribution in [0.4, 0.5) is 5.69 Å². The molecule has 0 fully saturated rings. The molecule has 0 aliphatic rings. The minimum Gasteiger partial charge on any atom is -0.479 e. The van der Waals surface area contributed by atoms with Crippen LogP contribution in [0, 0.1) is 0 Å². The molecule has 0 bridgehead atoms. The maximum Gasteiger partial charge on any atom is 0.238 e. The minimum absolute atomic E-state index is 0.372. The predicted octanol–water partition coefficient (Wildman–Crippen LogP) is 2.67. The monoisotopic (exact) mass is 244 g/mol. The van der Waals surface area contributed by atoms with Gasteiger partial charge in [-0.2, -0.15) is 0 Å². The van der Waals surface area contributed by atoms with Gasteiger partial charge >= 0.3 is 0 Å². The first-order chi connectivity index (χ1) is 6.13. The third-order valence-corrected chi connectivity index (χ3v) is 1.91. The van der Waals surface area contributed by atoms with Crippen LogP contribution >= 0.6 is 15.9 Å². The Morgan fingerprint density at radius 2 is 2.15 bits per heavy atom. The lowest BCUT2D eigenvalue weighted by atomic mass is 10.3. The summed E-state index contributed by atoms with van der Waals surface area (Å²) in [6.07, 6.45) is 0. The Morgan fingerprint density at radius 1 is 1.46 bits per heavy atom. The van der Waals surface area contributed by atoms with E-state index in [1.807, 2.05) is 12.1 Å². The molecule has 13 heavy (non-hydrogen) atoms. The number of nitrogens with zero attached hydrogens (tertiary/aromatic N) is 1. The van der Waals surface area contributed by atoms with Crippen LogP contribution in [0.25, 0.3) is 0 Å². The highest BCUT2D eigenvalue weighted by Crippen LogP contribution is 2.24. The van der Waals surface area contributed by atoms with Crippen LogP contribution in [-0.2, 0) is 0 Å². The van der Waals surface area contributed by atoms with Crippen molar-refractivity contribution in [1.82, 2.24) is 4.98 Å². The fraction of sp³-hybridized carbons (Fsp3) is 0.444. The molecule has 0 saturated heterocycles. The van der Waals surface area contributed by atoms with Crippen LogP contribution < -0.4 is 10.1 Å². The Hall–Kier alpha value is -0.770. The minimum atomic E-state index is 0.372. The molecule has 0 spiro atoms. The van der Waals surface area contributed by atoms with Gasteiger partial charge in [-0.25, -0.2) is 4.98 Å². The number of ether oxygens (including phenoxy) is 1. The highest BCUT2D eigenvalue weighted by Gasteiger charge is 2.05. The van der Waals surface area contributed by atoms with Crippen molar-refractivity contribution in [3.8, 4) is 5.88 Å². The number of hydrogen-bond acceptors (Lipinski definition) is 3. The van der Waals surface area contributed by atoms with Crippen LogP contribution in [0.2, 0.25) is 0 Å². The largest absolute Gasteiger partial charge is 0.479 e. The molecule has 0 aromatic carbocycles. The molecule has 1 aromatic heterocycles. The molecule has 1 heterocycles. The van der Waals surface area contributed by atoms with Gasteiger partial charge in [-0.3, -0.25) is 0 Å². The number of pyridine rings is 1. The molecular formula is C9H13BrN2O. The van der Waals surface area contributed by atoms with Crippen molar-refractivity contribution in [2.75, 3.05) is 12.4 Å². The number of methoxy groups -OCH3 is 1. The van der Waals surface area contributed by atoms with Gasteiger partial charge in [0.15, 0.2) is 0 Å². The Morgan fingerprint density at radius 3 is 2.69 bits per heavy atom. The van der Waals surface area contributed by atoms with Crippen molar-refractivity contribution >= 4 is 21.6 Å². The first-order valence-corrected chi connectivity index (χ1v) is 4.90. The average molecular weight is 245 g/mol. The summed E-state index contributed by atoms with van der Waals surface area (Å²) < 4.78 is 5.90. The molecular weight excluding hydrogens is 232 g/mol. The highest BCUT2D eigenvalue weighted by atomic mass is 79.9. The number of halogens is 1. The number of nitrogens with one attached hydrogen (secondary N) is 1. The van der Waals surface area contributed by atoms with Gasteiger partial charge in [0.05, 0.1) is 12.8 Å². The molecule has 1 aromatic rings. The summed E-state index contributed by atoms with van der Waals surface area (Å²) in [4.78, 5) is 4.18. The van der Waals surface area contributed by atoms with Crippen LogP contribution in [0.3, 0.4) is 0 Å². The van der Waals surface area contributed by atoms with Gasteiger partial charge in [0.2, 0.25) is 5.88 Å². The van der Waals surface area contributed by atoms with Gasteiger partial charge < -0.3 is 10.1 Å². The lowest BCUT2D eigenvalue weighted by Gasteiger charge is -2.12. The van der Waals surface area contributed by atoms with Crippen molar-refractivity contribution in [2.45, 2.75) is 19.9 Å². The van der Waals surface area contributed by atoms with E-state index >= 15 is 0 Å². The Bertz CT molecular complexity index is 289. The molecule has 1 rings (SSSR count). The zero-order valence-electron chi connectivity index (χ0n) is 7.97. The topological polar surface area (TPSA) is 34.1 Å². The summed E-state index contributed by atoms with van der Waals surface area (Å²) in [5.74, 6) is 0.614. The zero-order chi connectivity index (χ0) is 9.84. The summed E-state index contributed by atoms with van der Waals surface area (Å²) in [5.41, 5.74) is 0.917. The average Bonchev–Trinajstić information content (AvgIpc) is 2.07. The van der Waals surface area contributed by atoms with Gasteiger partial charge in [0.25, 0.3) is 0 Å². The lowest BCUT2D eigenvalue weighted by Crippen LogP contribution is -2.11. The van der Waals surface area contributed by atoms with Crippen molar-refractivity contribution in [2.24, 2.45) is 0 Å². The van der Waals surface area contributed by atoms with E-state index < -0.39 is 0 Å². The number of hydrogen-bond donors (Lipinski definition) is 1. The summed E-state index contributed by atoms with van der Waals surface area (Å²) in [5, 5.41) is 3.24. The van der Waals surface area contributed by atoms with E-state index in [4.69, 9.17) is 4.74 Å². The van der Waals surface area contributed by atoms with Crippen molar-refractivity contribution in [3.63, 3.8) is 0 Å². The second-order valence-electron chi connectivity index (χ2n) is 2.99. The van der Waals surface area contributed by atoms with Gasteiger partial charge in [-0.05, 0) is 41.9 Å². The molecule has 0 atom stereocenters. The molecule has 3 nitrogen and oxygen atoms in total. The molecule has 0 amide bonds. The summed E-state index contributed by atoms with van der Waals surface area (Å²) in [6, 6.07) is 4.19. The molecule has 0 aliphatic heterocycles. The first kappa shape index (κ1) is 10.3. The van der Waals surface area contributed by atoms with Crippen LogP contribution in [0.15, 0.2) is 16.7 Å². The van der Waals surface area contributed by atoms with Gasteiger partial charge in [-0.15, -0.1) is 0 Å². The molecule has 1 N–H and O–H groups in total. The molecule has 4 heteroatoms.